The van der Waals surface area contributed by atoms with Gasteiger partial charge in [-0.2, -0.15) is 5.10 Å². The molecule has 4 nitrogen and oxygen atoms in total. The van der Waals surface area contributed by atoms with Gasteiger partial charge in [0, 0.05) is 37.4 Å². The highest BCUT2D eigenvalue weighted by Gasteiger charge is 2.26. The number of rotatable bonds is 4. The number of hydrogen-bond donors (Lipinski definition) is 0. The van der Waals surface area contributed by atoms with Crippen molar-refractivity contribution >= 4 is 0 Å². The summed E-state index contributed by atoms with van der Waals surface area (Å²) in [5, 5.41) is 4.60. The Hall–Kier alpha value is -2.43. The molecule has 1 fully saturated rings. The predicted molar refractivity (Wildman–Crippen MR) is 101 cm³/mol. The maximum Gasteiger partial charge on any atom is 0.0934 e. The van der Waals surface area contributed by atoms with Gasteiger partial charge in [0.1, 0.15) is 0 Å². The van der Waals surface area contributed by atoms with E-state index in [1.165, 1.54) is 16.7 Å². The molecule has 0 aliphatic carbocycles. The fourth-order valence-corrected chi connectivity index (χ4v) is 3.52. The summed E-state index contributed by atoms with van der Waals surface area (Å²) >= 11 is 0. The van der Waals surface area contributed by atoms with Gasteiger partial charge < -0.3 is 4.90 Å². The summed E-state index contributed by atoms with van der Waals surface area (Å²) in [7, 11) is 2.20. The van der Waals surface area contributed by atoms with E-state index in [2.05, 4.69) is 87.4 Å². The second-order valence-corrected chi connectivity index (χ2v) is 6.78. The molecule has 1 atom stereocenters. The van der Waals surface area contributed by atoms with Crippen LogP contribution in [-0.4, -0.2) is 46.3 Å². The molecule has 0 spiro atoms. The summed E-state index contributed by atoms with van der Waals surface area (Å²) in [6.45, 7) is 4.02. The SMILES string of the molecule is CN1CCN(Cn2cc(-c3ccccc3)cn2)C(c2ccccc2)C1. The minimum absolute atomic E-state index is 0.407. The molecular weight excluding hydrogens is 308 g/mol. The molecule has 4 heteroatoms. The van der Waals surface area contributed by atoms with Gasteiger partial charge in [0.25, 0.3) is 0 Å². The normalized spacial score (nSPS) is 19.2. The molecule has 128 valence electrons. The Labute approximate surface area is 149 Å². The molecule has 0 N–H and O–H groups in total. The summed E-state index contributed by atoms with van der Waals surface area (Å²) in [6.07, 6.45) is 4.11. The van der Waals surface area contributed by atoms with E-state index < -0.39 is 0 Å². The number of piperazine rings is 1. The van der Waals surface area contributed by atoms with Crippen LogP contribution in [0, 0.1) is 0 Å². The van der Waals surface area contributed by atoms with Crippen molar-refractivity contribution < 1.29 is 0 Å². The highest BCUT2D eigenvalue weighted by Crippen LogP contribution is 2.26. The lowest BCUT2D eigenvalue weighted by Crippen LogP contribution is -2.47. The van der Waals surface area contributed by atoms with Crippen molar-refractivity contribution in [3.8, 4) is 11.1 Å². The number of nitrogens with zero attached hydrogens (tertiary/aromatic N) is 4. The first-order valence-corrected chi connectivity index (χ1v) is 8.85. The van der Waals surface area contributed by atoms with Crippen molar-refractivity contribution in [1.82, 2.24) is 19.6 Å². The Bertz CT molecular complexity index is 797. The molecule has 1 aliphatic heterocycles. The van der Waals surface area contributed by atoms with Crippen LogP contribution in [0.3, 0.4) is 0 Å². The first kappa shape index (κ1) is 16.1. The Morgan fingerprint density at radius 1 is 0.920 bits per heavy atom. The summed E-state index contributed by atoms with van der Waals surface area (Å²) in [6, 6.07) is 21.6. The average Bonchev–Trinajstić information content (AvgIpc) is 3.13. The predicted octanol–water partition coefficient (Wildman–Crippen LogP) is 3.50. The number of likely N-dealkylation sites (N-methyl/N-ethyl adjacent to an activating group) is 1. The first-order valence-electron chi connectivity index (χ1n) is 8.85. The molecule has 2 aromatic carbocycles. The lowest BCUT2D eigenvalue weighted by atomic mass is 10.0. The molecule has 1 aromatic heterocycles. The Kier molecular flexibility index (Phi) is 4.63. The van der Waals surface area contributed by atoms with E-state index in [4.69, 9.17) is 0 Å². The molecule has 25 heavy (non-hydrogen) atoms. The van der Waals surface area contributed by atoms with Crippen molar-refractivity contribution in [2.75, 3.05) is 26.7 Å². The van der Waals surface area contributed by atoms with Crippen LogP contribution in [0.2, 0.25) is 0 Å². The molecule has 3 aromatic rings. The minimum atomic E-state index is 0.407. The van der Waals surface area contributed by atoms with Crippen molar-refractivity contribution in [3.63, 3.8) is 0 Å². The first-order chi connectivity index (χ1) is 12.3. The zero-order valence-electron chi connectivity index (χ0n) is 14.6. The van der Waals surface area contributed by atoms with Gasteiger partial charge in [0.05, 0.1) is 12.9 Å². The average molecular weight is 332 g/mol. The quantitative estimate of drug-likeness (QED) is 0.731. The highest BCUT2D eigenvalue weighted by molar-refractivity contribution is 5.61. The van der Waals surface area contributed by atoms with E-state index in [1.807, 2.05) is 12.3 Å². The molecule has 0 amide bonds. The van der Waals surface area contributed by atoms with E-state index in [1.54, 1.807) is 0 Å². The van der Waals surface area contributed by atoms with E-state index in [0.29, 0.717) is 6.04 Å². The van der Waals surface area contributed by atoms with Gasteiger partial charge in [0.15, 0.2) is 0 Å². The van der Waals surface area contributed by atoms with Crippen LogP contribution in [0.5, 0.6) is 0 Å². The summed E-state index contributed by atoms with van der Waals surface area (Å²) in [4.78, 5) is 4.93. The Morgan fingerprint density at radius 3 is 2.40 bits per heavy atom. The van der Waals surface area contributed by atoms with Crippen LogP contribution in [0.25, 0.3) is 11.1 Å². The Balaban J connectivity index is 1.53. The van der Waals surface area contributed by atoms with Gasteiger partial charge in [-0.3, -0.25) is 9.58 Å². The zero-order chi connectivity index (χ0) is 17.1. The number of aromatic nitrogens is 2. The van der Waals surface area contributed by atoms with Gasteiger partial charge in [-0.1, -0.05) is 60.7 Å². The molecule has 2 heterocycles. The lowest BCUT2D eigenvalue weighted by molar-refractivity contribution is 0.0590. The fraction of sp³-hybridized carbons (Fsp3) is 0.286. The third kappa shape index (κ3) is 3.65. The van der Waals surface area contributed by atoms with Gasteiger partial charge in [-0.25, -0.2) is 0 Å². The smallest absolute Gasteiger partial charge is 0.0934 e. The second kappa shape index (κ2) is 7.21. The maximum absolute atomic E-state index is 4.60. The van der Waals surface area contributed by atoms with Crippen molar-refractivity contribution in [1.29, 1.82) is 0 Å². The van der Waals surface area contributed by atoms with E-state index >= 15 is 0 Å². The Morgan fingerprint density at radius 2 is 1.64 bits per heavy atom. The molecule has 1 aliphatic rings. The zero-order valence-corrected chi connectivity index (χ0v) is 14.6. The molecule has 0 bridgehead atoms. The molecule has 1 saturated heterocycles. The monoisotopic (exact) mass is 332 g/mol. The number of benzene rings is 2. The lowest BCUT2D eigenvalue weighted by Gasteiger charge is -2.40. The fourth-order valence-electron chi connectivity index (χ4n) is 3.52. The van der Waals surface area contributed by atoms with Crippen molar-refractivity contribution in [3.05, 3.63) is 78.6 Å². The molecule has 4 rings (SSSR count). The van der Waals surface area contributed by atoms with Crippen molar-refractivity contribution in [2.45, 2.75) is 12.7 Å². The minimum Gasteiger partial charge on any atom is -0.303 e. The van der Waals surface area contributed by atoms with Crippen LogP contribution in [0.15, 0.2) is 73.1 Å². The topological polar surface area (TPSA) is 24.3 Å². The summed E-state index contributed by atoms with van der Waals surface area (Å²) in [5.41, 5.74) is 3.77. The molecule has 1 unspecified atom stereocenters. The molecule has 0 radical (unpaired) electrons. The third-order valence-electron chi connectivity index (χ3n) is 4.95. The summed E-state index contributed by atoms with van der Waals surface area (Å²) in [5.74, 6) is 0. The van der Waals surface area contributed by atoms with Gasteiger partial charge in [0.2, 0.25) is 0 Å². The molecule has 0 saturated carbocycles. The number of hydrogen-bond acceptors (Lipinski definition) is 3. The second-order valence-electron chi connectivity index (χ2n) is 6.78. The van der Waals surface area contributed by atoms with E-state index in [-0.39, 0.29) is 0 Å². The largest absolute Gasteiger partial charge is 0.303 e. The van der Waals surface area contributed by atoms with E-state index in [9.17, 15) is 0 Å². The van der Waals surface area contributed by atoms with Crippen LogP contribution in [0.4, 0.5) is 0 Å². The summed E-state index contributed by atoms with van der Waals surface area (Å²) < 4.78 is 2.06. The van der Waals surface area contributed by atoms with E-state index in [0.717, 1.165) is 26.3 Å². The van der Waals surface area contributed by atoms with Gasteiger partial charge in [-0.15, -0.1) is 0 Å². The van der Waals surface area contributed by atoms with Crippen LogP contribution < -0.4 is 0 Å². The highest BCUT2D eigenvalue weighted by atomic mass is 15.4. The van der Waals surface area contributed by atoms with Crippen LogP contribution in [0.1, 0.15) is 11.6 Å². The standard InChI is InChI=1S/C21H24N4/c1-23-12-13-24(21(16-23)19-10-6-3-7-11-19)17-25-15-20(14-22-25)18-8-4-2-5-9-18/h2-11,14-15,21H,12-13,16-17H2,1H3. The third-order valence-corrected chi connectivity index (χ3v) is 4.95. The van der Waals surface area contributed by atoms with Crippen molar-refractivity contribution in [2.24, 2.45) is 0 Å². The van der Waals surface area contributed by atoms with Crippen LogP contribution >= 0.6 is 0 Å². The van der Waals surface area contributed by atoms with Crippen LogP contribution in [-0.2, 0) is 6.67 Å². The van der Waals surface area contributed by atoms with Gasteiger partial charge in [-0.05, 0) is 18.2 Å². The maximum atomic E-state index is 4.60. The van der Waals surface area contributed by atoms with Gasteiger partial charge >= 0.3 is 0 Å². The molecular formula is C21H24N4.